The fourth-order valence-corrected chi connectivity index (χ4v) is 5.46. The van der Waals surface area contributed by atoms with Gasteiger partial charge in [-0.15, -0.1) is 0 Å². The van der Waals surface area contributed by atoms with E-state index in [1.165, 1.54) is 12.1 Å². The third-order valence-corrected chi connectivity index (χ3v) is 6.16. The van der Waals surface area contributed by atoms with Crippen molar-refractivity contribution in [3.63, 3.8) is 0 Å². The monoisotopic (exact) mass is 357 g/mol. The number of nitrogens with one attached hydrogen (secondary N) is 1. The molecule has 1 aromatic carbocycles. The Balaban J connectivity index is 2.41. The second-order valence-corrected chi connectivity index (χ2v) is 7.82. The van der Waals surface area contributed by atoms with Gasteiger partial charge in [-0.1, -0.05) is 47.6 Å². The molecule has 20 heavy (non-hydrogen) atoms. The molecule has 1 aliphatic rings. The van der Waals surface area contributed by atoms with Crippen LogP contribution in [-0.2, 0) is 10.0 Å². The van der Waals surface area contributed by atoms with Crippen molar-refractivity contribution in [2.75, 3.05) is 6.61 Å². The molecular formula is C12H14Cl3NO3S. The number of hydrogen-bond acceptors (Lipinski definition) is 3. The van der Waals surface area contributed by atoms with Crippen molar-refractivity contribution >= 4 is 44.8 Å². The van der Waals surface area contributed by atoms with E-state index in [0.717, 1.165) is 12.8 Å². The molecule has 0 atom stereocenters. The molecule has 112 valence electrons. The summed E-state index contributed by atoms with van der Waals surface area (Å²) in [6.45, 7) is -0.255. The lowest BCUT2D eigenvalue weighted by atomic mass is 10.0. The van der Waals surface area contributed by atoms with E-state index in [9.17, 15) is 13.5 Å². The second-order valence-electron chi connectivity index (χ2n) is 4.95. The molecule has 4 nitrogen and oxygen atoms in total. The average molecular weight is 359 g/mol. The third-order valence-electron chi connectivity index (χ3n) is 3.45. The van der Waals surface area contributed by atoms with E-state index >= 15 is 0 Å². The number of aliphatic hydroxyl groups excluding tert-OH is 1. The normalized spacial score (nSPS) is 18.4. The summed E-state index contributed by atoms with van der Waals surface area (Å²) >= 11 is 17.7. The van der Waals surface area contributed by atoms with Crippen LogP contribution in [0, 0.1) is 0 Å². The molecular weight excluding hydrogens is 345 g/mol. The quantitative estimate of drug-likeness (QED) is 0.868. The molecule has 2 rings (SSSR count). The van der Waals surface area contributed by atoms with E-state index < -0.39 is 15.6 Å². The minimum Gasteiger partial charge on any atom is -0.394 e. The van der Waals surface area contributed by atoms with E-state index in [1.807, 2.05) is 0 Å². The van der Waals surface area contributed by atoms with E-state index in [2.05, 4.69) is 4.72 Å². The van der Waals surface area contributed by atoms with Crippen LogP contribution in [0.15, 0.2) is 17.0 Å². The van der Waals surface area contributed by atoms with Gasteiger partial charge in [0.2, 0.25) is 10.0 Å². The minimum absolute atomic E-state index is 0.0407. The summed E-state index contributed by atoms with van der Waals surface area (Å²) in [4.78, 5) is -0.204. The van der Waals surface area contributed by atoms with E-state index in [0.29, 0.717) is 12.8 Å². The first-order valence-corrected chi connectivity index (χ1v) is 8.71. The van der Waals surface area contributed by atoms with Gasteiger partial charge < -0.3 is 5.11 Å². The van der Waals surface area contributed by atoms with Gasteiger partial charge in [0.25, 0.3) is 0 Å². The molecule has 0 spiro atoms. The van der Waals surface area contributed by atoms with Gasteiger partial charge in [-0.05, 0) is 25.0 Å². The van der Waals surface area contributed by atoms with Gasteiger partial charge in [-0.3, -0.25) is 0 Å². The van der Waals surface area contributed by atoms with Gasteiger partial charge >= 0.3 is 0 Å². The summed E-state index contributed by atoms with van der Waals surface area (Å²) in [7, 11) is -3.92. The molecule has 1 aromatic rings. The summed E-state index contributed by atoms with van der Waals surface area (Å²) in [5.41, 5.74) is -0.828. The number of benzene rings is 1. The van der Waals surface area contributed by atoms with Crippen LogP contribution in [0.3, 0.4) is 0 Å². The first-order valence-electron chi connectivity index (χ1n) is 6.09. The maximum absolute atomic E-state index is 12.5. The Kier molecular flexibility index (Phi) is 4.89. The van der Waals surface area contributed by atoms with Crippen molar-refractivity contribution in [1.29, 1.82) is 0 Å². The maximum Gasteiger partial charge on any atom is 0.244 e. The van der Waals surface area contributed by atoms with E-state index in [4.69, 9.17) is 34.8 Å². The molecule has 1 aliphatic carbocycles. The van der Waals surface area contributed by atoms with Crippen LogP contribution in [0.5, 0.6) is 0 Å². The van der Waals surface area contributed by atoms with Crippen molar-refractivity contribution in [2.45, 2.75) is 36.1 Å². The highest BCUT2D eigenvalue weighted by molar-refractivity contribution is 7.89. The Morgan fingerprint density at radius 1 is 1.15 bits per heavy atom. The van der Waals surface area contributed by atoms with Crippen molar-refractivity contribution in [3.8, 4) is 0 Å². The Labute approximate surface area is 133 Å². The highest BCUT2D eigenvalue weighted by Crippen LogP contribution is 2.36. The molecule has 0 unspecified atom stereocenters. The lowest BCUT2D eigenvalue weighted by molar-refractivity contribution is 0.185. The molecule has 0 radical (unpaired) electrons. The summed E-state index contributed by atoms with van der Waals surface area (Å²) in [5, 5.41) is 9.67. The predicted octanol–water partition coefficient (Wildman–Crippen LogP) is 3.23. The summed E-state index contributed by atoms with van der Waals surface area (Å²) < 4.78 is 27.5. The van der Waals surface area contributed by atoms with Crippen molar-refractivity contribution in [3.05, 3.63) is 27.2 Å². The Hall–Kier alpha value is -0.0400. The third kappa shape index (κ3) is 3.24. The van der Waals surface area contributed by atoms with Crippen LogP contribution >= 0.6 is 34.8 Å². The van der Waals surface area contributed by atoms with Crippen LogP contribution in [0.4, 0.5) is 0 Å². The van der Waals surface area contributed by atoms with Gasteiger partial charge in [0.05, 0.1) is 22.2 Å². The van der Waals surface area contributed by atoms with Gasteiger partial charge in [0.1, 0.15) is 4.90 Å². The summed E-state index contributed by atoms with van der Waals surface area (Å²) in [6, 6.07) is 2.65. The molecule has 0 aromatic heterocycles. The highest BCUT2D eigenvalue weighted by atomic mass is 35.5. The zero-order valence-electron chi connectivity index (χ0n) is 10.5. The lowest BCUT2D eigenvalue weighted by Crippen LogP contribution is -2.49. The summed E-state index contributed by atoms with van der Waals surface area (Å²) in [6.07, 6.45) is 2.91. The number of halogens is 3. The van der Waals surface area contributed by atoms with E-state index in [1.54, 1.807) is 0 Å². The van der Waals surface area contributed by atoms with Gasteiger partial charge in [0, 0.05) is 5.02 Å². The standard InChI is InChI=1S/C12H14Cl3NO3S/c13-8-5-9(14)11(10(15)6-8)20(18,19)16-12(7-17)3-1-2-4-12/h5-6,16-17H,1-4,7H2. The first kappa shape index (κ1) is 16.3. The van der Waals surface area contributed by atoms with Crippen molar-refractivity contribution in [1.82, 2.24) is 4.72 Å². The minimum atomic E-state index is -3.92. The van der Waals surface area contributed by atoms with Crippen LogP contribution in [0.1, 0.15) is 25.7 Å². The highest BCUT2D eigenvalue weighted by Gasteiger charge is 2.38. The number of sulfonamides is 1. The van der Waals surface area contributed by atoms with Crippen LogP contribution < -0.4 is 4.72 Å². The smallest absolute Gasteiger partial charge is 0.244 e. The van der Waals surface area contributed by atoms with Crippen molar-refractivity contribution < 1.29 is 13.5 Å². The second kappa shape index (κ2) is 5.99. The van der Waals surface area contributed by atoms with Crippen LogP contribution in [0.25, 0.3) is 0 Å². The largest absolute Gasteiger partial charge is 0.394 e. The van der Waals surface area contributed by atoms with Crippen molar-refractivity contribution in [2.24, 2.45) is 0 Å². The molecule has 0 heterocycles. The molecule has 1 fully saturated rings. The van der Waals surface area contributed by atoms with Gasteiger partial charge in [-0.2, -0.15) is 0 Å². The Morgan fingerprint density at radius 3 is 2.10 bits per heavy atom. The lowest BCUT2D eigenvalue weighted by Gasteiger charge is -2.28. The van der Waals surface area contributed by atoms with Crippen LogP contribution in [0.2, 0.25) is 15.1 Å². The molecule has 1 saturated carbocycles. The topological polar surface area (TPSA) is 66.4 Å². The fraction of sp³-hybridized carbons (Fsp3) is 0.500. The van der Waals surface area contributed by atoms with E-state index in [-0.39, 0.29) is 26.6 Å². The molecule has 2 N–H and O–H groups in total. The molecule has 0 amide bonds. The first-order chi connectivity index (χ1) is 9.30. The predicted molar refractivity (Wildman–Crippen MR) is 80.1 cm³/mol. The Morgan fingerprint density at radius 2 is 1.65 bits per heavy atom. The molecule has 0 bridgehead atoms. The molecule has 8 heteroatoms. The number of aliphatic hydroxyl groups is 1. The van der Waals surface area contributed by atoms with Crippen LogP contribution in [-0.4, -0.2) is 25.7 Å². The van der Waals surface area contributed by atoms with Gasteiger partial charge in [0.15, 0.2) is 0 Å². The Bertz CT molecular complexity index is 589. The number of rotatable bonds is 4. The SMILES string of the molecule is O=S(=O)(NC1(CO)CCCC1)c1c(Cl)cc(Cl)cc1Cl. The average Bonchev–Trinajstić information content (AvgIpc) is 2.75. The number of hydrogen-bond donors (Lipinski definition) is 2. The summed E-state index contributed by atoms with van der Waals surface area (Å²) in [5.74, 6) is 0. The maximum atomic E-state index is 12.5. The zero-order valence-corrected chi connectivity index (χ0v) is 13.6. The zero-order chi connectivity index (χ0) is 15.0. The molecule has 0 saturated heterocycles. The van der Waals surface area contributed by atoms with Gasteiger partial charge in [-0.25, -0.2) is 13.1 Å². The molecule has 0 aliphatic heterocycles. The fourth-order valence-electron chi connectivity index (χ4n) is 2.47.